The zero-order chi connectivity index (χ0) is 8.15. The molecule has 0 N–H and O–H groups in total. The summed E-state index contributed by atoms with van der Waals surface area (Å²) in [5.74, 6) is -0.107. The van der Waals surface area contributed by atoms with Crippen molar-refractivity contribution in [3.05, 3.63) is 6.92 Å². The van der Waals surface area contributed by atoms with Crippen molar-refractivity contribution in [2.24, 2.45) is 11.8 Å². The molecule has 0 aromatic rings. The summed E-state index contributed by atoms with van der Waals surface area (Å²) in [6.07, 6.45) is 0. The number of carbonyl (C=O) groups is 1. The molecule has 0 amide bonds. The molecule has 0 aliphatic heterocycles. The number of hydrogen-bond donors (Lipinski definition) is 0. The fourth-order valence-corrected chi connectivity index (χ4v) is 0.506. The van der Waals surface area contributed by atoms with Crippen LogP contribution >= 0.6 is 0 Å². The van der Waals surface area contributed by atoms with Gasteiger partial charge < -0.3 is 4.74 Å². The molecule has 0 spiro atoms. The van der Waals surface area contributed by atoms with Gasteiger partial charge in [-0.25, -0.2) is 0 Å². The standard InChI is InChI=1S/C8H15O2/c1-5-10-8(9)7(4)6(2)3/h6-7H,2,5H2,1,3-4H3. The van der Waals surface area contributed by atoms with Gasteiger partial charge in [-0.05, 0) is 19.8 Å². The zero-order valence-corrected chi connectivity index (χ0v) is 6.89. The van der Waals surface area contributed by atoms with Crippen molar-refractivity contribution >= 4 is 5.97 Å². The molecule has 2 unspecified atom stereocenters. The lowest BCUT2D eigenvalue weighted by atomic mass is 9.99. The molecule has 0 aromatic heterocycles. The SMILES string of the molecule is [CH2]C(C)C(C)C(=O)OCC. The first-order valence-electron chi connectivity index (χ1n) is 3.59. The van der Waals surface area contributed by atoms with E-state index in [0.717, 1.165) is 0 Å². The fourth-order valence-electron chi connectivity index (χ4n) is 0.506. The van der Waals surface area contributed by atoms with Crippen molar-refractivity contribution in [1.82, 2.24) is 0 Å². The Bertz CT molecular complexity index is 108. The molecule has 2 atom stereocenters. The summed E-state index contributed by atoms with van der Waals surface area (Å²) in [7, 11) is 0. The predicted octanol–water partition coefficient (Wildman–Crippen LogP) is 1.66. The van der Waals surface area contributed by atoms with Crippen LogP contribution in [0.1, 0.15) is 20.8 Å². The summed E-state index contributed by atoms with van der Waals surface area (Å²) in [5.41, 5.74) is 0. The minimum atomic E-state index is -0.148. The maximum absolute atomic E-state index is 10.9. The Labute approximate surface area is 62.6 Å². The molecule has 0 aliphatic rings. The van der Waals surface area contributed by atoms with Gasteiger partial charge in [0.05, 0.1) is 12.5 Å². The molecular formula is C8H15O2. The van der Waals surface area contributed by atoms with E-state index in [1.54, 1.807) is 6.92 Å². The van der Waals surface area contributed by atoms with Crippen LogP contribution in [0, 0.1) is 18.8 Å². The lowest BCUT2D eigenvalue weighted by Gasteiger charge is -2.12. The van der Waals surface area contributed by atoms with Gasteiger partial charge in [0, 0.05) is 0 Å². The van der Waals surface area contributed by atoms with Crippen LogP contribution in [0.4, 0.5) is 0 Å². The van der Waals surface area contributed by atoms with Gasteiger partial charge in [-0.1, -0.05) is 13.8 Å². The number of hydrogen-bond acceptors (Lipinski definition) is 2. The molecule has 10 heavy (non-hydrogen) atoms. The number of ether oxygens (including phenoxy) is 1. The van der Waals surface area contributed by atoms with Crippen molar-refractivity contribution in [3.63, 3.8) is 0 Å². The molecule has 0 aromatic carbocycles. The van der Waals surface area contributed by atoms with Gasteiger partial charge in [-0.3, -0.25) is 4.79 Å². The zero-order valence-electron chi connectivity index (χ0n) is 6.89. The number of carbonyl (C=O) groups excluding carboxylic acids is 1. The van der Waals surface area contributed by atoms with Crippen LogP contribution in [0.2, 0.25) is 0 Å². The molecule has 1 radical (unpaired) electrons. The number of rotatable bonds is 3. The molecule has 2 nitrogen and oxygen atoms in total. The molecule has 2 heteroatoms. The first kappa shape index (κ1) is 9.47. The second-order valence-electron chi connectivity index (χ2n) is 2.52. The van der Waals surface area contributed by atoms with Crippen LogP contribution in [0.5, 0.6) is 0 Å². The van der Waals surface area contributed by atoms with E-state index in [4.69, 9.17) is 4.74 Å². The lowest BCUT2D eigenvalue weighted by molar-refractivity contribution is -0.148. The van der Waals surface area contributed by atoms with E-state index in [1.165, 1.54) is 0 Å². The summed E-state index contributed by atoms with van der Waals surface area (Å²) in [4.78, 5) is 10.9. The van der Waals surface area contributed by atoms with E-state index in [0.29, 0.717) is 6.61 Å². The topological polar surface area (TPSA) is 26.3 Å². The van der Waals surface area contributed by atoms with Crippen LogP contribution in [0.15, 0.2) is 0 Å². The van der Waals surface area contributed by atoms with Crippen molar-refractivity contribution in [1.29, 1.82) is 0 Å². The minimum absolute atomic E-state index is 0.0834. The monoisotopic (exact) mass is 143 g/mol. The third-order valence-electron chi connectivity index (χ3n) is 1.51. The molecule has 0 fully saturated rings. The van der Waals surface area contributed by atoms with E-state index < -0.39 is 0 Å². The molecular weight excluding hydrogens is 128 g/mol. The van der Waals surface area contributed by atoms with Crippen molar-refractivity contribution in [2.45, 2.75) is 20.8 Å². The molecule has 0 saturated carbocycles. The third kappa shape index (κ3) is 2.85. The highest BCUT2D eigenvalue weighted by Crippen LogP contribution is 2.10. The molecule has 0 bridgehead atoms. The Kier molecular flexibility index (Phi) is 4.08. The average molecular weight is 143 g/mol. The Balaban J connectivity index is 3.71. The second-order valence-corrected chi connectivity index (χ2v) is 2.52. The second kappa shape index (κ2) is 4.31. The predicted molar refractivity (Wildman–Crippen MR) is 40.3 cm³/mol. The minimum Gasteiger partial charge on any atom is -0.466 e. The van der Waals surface area contributed by atoms with Gasteiger partial charge in [-0.2, -0.15) is 0 Å². The number of esters is 1. The molecule has 0 saturated heterocycles. The summed E-state index contributed by atoms with van der Waals surface area (Å²) < 4.78 is 4.79. The van der Waals surface area contributed by atoms with E-state index in [-0.39, 0.29) is 17.8 Å². The lowest BCUT2D eigenvalue weighted by Crippen LogP contribution is -2.19. The summed E-state index contributed by atoms with van der Waals surface area (Å²) in [6, 6.07) is 0. The first-order valence-corrected chi connectivity index (χ1v) is 3.59. The molecule has 0 heterocycles. The molecule has 59 valence electrons. The van der Waals surface area contributed by atoms with Gasteiger partial charge >= 0.3 is 5.97 Å². The first-order chi connectivity index (χ1) is 4.59. The van der Waals surface area contributed by atoms with Gasteiger partial charge in [0.1, 0.15) is 0 Å². The van der Waals surface area contributed by atoms with Crippen LogP contribution in [-0.4, -0.2) is 12.6 Å². The van der Waals surface area contributed by atoms with Crippen LogP contribution in [-0.2, 0) is 9.53 Å². The summed E-state index contributed by atoms with van der Waals surface area (Å²) >= 11 is 0. The van der Waals surface area contributed by atoms with Gasteiger partial charge in [0.2, 0.25) is 0 Å². The van der Waals surface area contributed by atoms with E-state index in [9.17, 15) is 4.79 Å². The van der Waals surface area contributed by atoms with Gasteiger partial charge in [0.15, 0.2) is 0 Å². The van der Waals surface area contributed by atoms with Crippen molar-refractivity contribution in [2.75, 3.05) is 6.61 Å². The third-order valence-corrected chi connectivity index (χ3v) is 1.51. The maximum Gasteiger partial charge on any atom is 0.308 e. The molecule has 0 rings (SSSR count). The van der Waals surface area contributed by atoms with Crippen LogP contribution in [0.25, 0.3) is 0 Å². The smallest absolute Gasteiger partial charge is 0.308 e. The van der Waals surface area contributed by atoms with Crippen molar-refractivity contribution in [3.8, 4) is 0 Å². The summed E-state index contributed by atoms with van der Waals surface area (Å²) in [5, 5.41) is 0. The highest BCUT2D eigenvalue weighted by Gasteiger charge is 2.16. The average Bonchev–Trinajstić information content (AvgIpc) is 1.87. The Morgan fingerprint density at radius 1 is 1.60 bits per heavy atom. The van der Waals surface area contributed by atoms with Crippen LogP contribution < -0.4 is 0 Å². The van der Waals surface area contributed by atoms with Gasteiger partial charge in [0.25, 0.3) is 0 Å². The Hall–Kier alpha value is -0.530. The highest BCUT2D eigenvalue weighted by atomic mass is 16.5. The van der Waals surface area contributed by atoms with E-state index in [2.05, 4.69) is 6.92 Å². The van der Waals surface area contributed by atoms with Crippen molar-refractivity contribution < 1.29 is 9.53 Å². The maximum atomic E-state index is 10.9. The largest absolute Gasteiger partial charge is 0.466 e. The quantitative estimate of drug-likeness (QED) is 0.561. The molecule has 0 aliphatic carbocycles. The summed E-state index contributed by atoms with van der Waals surface area (Å²) in [6.45, 7) is 9.73. The normalized spacial score (nSPS) is 13.3. The van der Waals surface area contributed by atoms with E-state index >= 15 is 0 Å². The van der Waals surface area contributed by atoms with Gasteiger partial charge in [-0.15, -0.1) is 0 Å². The van der Waals surface area contributed by atoms with Crippen LogP contribution in [0.3, 0.4) is 0 Å². The van der Waals surface area contributed by atoms with E-state index in [1.807, 2.05) is 13.8 Å². The highest BCUT2D eigenvalue weighted by molar-refractivity contribution is 5.72. The Morgan fingerprint density at radius 2 is 2.10 bits per heavy atom. The Morgan fingerprint density at radius 3 is 2.40 bits per heavy atom. The fraction of sp³-hybridized carbons (Fsp3) is 0.750.